The summed E-state index contributed by atoms with van der Waals surface area (Å²) in [5.74, 6) is 0.417. The van der Waals surface area contributed by atoms with Gasteiger partial charge in [0.05, 0.1) is 5.69 Å². The van der Waals surface area contributed by atoms with E-state index in [4.69, 9.17) is 0 Å². The molecule has 4 aromatic rings. The average Bonchev–Trinajstić information content (AvgIpc) is 3.22. The molecule has 0 fully saturated rings. The number of anilines is 2. The van der Waals surface area contributed by atoms with Crippen molar-refractivity contribution in [2.45, 2.75) is 11.8 Å². The van der Waals surface area contributed by atoms with Crippen LogP contribution in [0, 0.1) is 0 Å². The van der Waals surface area contributed by atoms with Gasteiger partial charge >= 0.3 is 0 Å². The molecular formula is C28H23N3O. The average molecular weight is 418 g/mol. The molecule has 1 N–H and O–H groups in total. The number of hydrogen-bond donors (Lipinski definition) is 1. The van der Waals surface area contributed by atoms with Crippen LogP contribution in [-0.2, 0) is 11.8 Å². The third-order valence-electron chi connectivity index (χ3n) is 6.00. The van der Waals surface area contributed by atoms with Crippen LogP contribution < -0.4 is 5.32 Å². The van der Waals surface area contributed by atoms with E-state index in [2.05, 4.69) is 77.7 Å². The molecule has 0 bridgehead atoms. The summed E-state index contributed by atoms with van der Waals surface area (Å²) in [7, 11) is 0. The Hall–Kier alpha value is -4.18. The van der Waals surface area contributed by atoms with Gasteiger partial charge in [0, 0.05) is 23.1 Å². The van der Waals surface area contributed by atoms with E-state index in [0.717, 1.165) is 16.9 Å². The molecule has 0 saturated carbocycles. The van der Waals surface area contributed by atoms with Gasteiger partial charge in [-0.3, -0.25) is 4.79 Å². The number of para-hydroxylation sites is 1. The van der Waals surface area contributed by atoms with E-state index in [9.17, 15) is 4.79 Å². The fourth-order valence-corrected chi connectivity index (χ4v) is 4.41. The number of carbonyl (C=O) groups excluding carboxylic acids is 1. The van der Waals surface area contributed by atoms with Gasteiger partial charge in [-0.05, 0) is 29.3 Å². The van der Waals surface area contributed by atoms with Crippen LogP contribution >= 0.6 is 0 Å². The zero-order chi connectivity index (χ0) is 22.0. The number of benzene rings is 3. The fourth-order valence-electron chi connectivity index (χ4n) is 4.41. The minimum Gasteiger partial charge on any atom is -0.338 e. The van der Waals surface area contributed by atoms with E-state index in [1.807, 2.05) is 42.5 Å². The standard InChI is InChI=1S/C28H23N3O/c1-2-26(32)31-25-20-28(21-12-6-3-7-13-21,22-14-8-4-9-15-22)19-18-24(25)27(30-31)29-23-16-10-5-11-17-23/h2-19H,1,20H2,(H,29,30). The molecule has 0 aliphatic heterocycles. The summed E-state index contributed by atoms with van der Waals surface area (Å²) in [5.41, 5.74) is 4.64. The maximum Gasteiger partial charge on any atom is 0.270 e. The lowest BCUT2D eigenvalue weighted by atomic mass is 9.68. The minimum absolute atomic E-state index is 0.243. The van der Waals surface area contributed by atoms with Crippen molar-refractivity contribution in [3.63, 3.8) is 0 Å². The van der Waals surface area contributed by atoms with Gasteiger partial charge in [0.25, 0.3) is 5.91 Å². The van der Waals surface area contributed by atoms with Crippen molar-refractivity contribution in [3.05, 3.63) is 132 Å². The second kappa shape index (κ2) is 8.16. The van der Waals surface area contributed by atoms with Crippen LogP contribution in [-0.4, -0.2) is 15.7 Å². The molecule has 32 heavy (non-hydrogen) atoms. The van der Waals surface area contributed by atoms with E-state index in [0.29, 0.717) is 12.2 Å². The van der Waals surface area contributed by atoms with Crippen LogP contribution in [0.5, 0.6) is 0 Å². The Labute approximate surface area is 187 Å². The Bertz CT molecular complexity index is 1250. The summed E-state index contributed by atoms with van der Waals surface area (Å²) in [6.07, 6.45) is 6.24. The van der Waals surface area contributed by atoms with E-state index >= 15 is 0 Å². The van der Waals surface area contributed by atoms with Crippen LogP contribution in [0.2, 0.25) is 0 Å². The summed E-state index contributed by atoms with van der Waals surface area (Å²) < 4.78 is 1.48. The van der Waals surface area contributed by atoms with Crippen LogP contribution in [0.25, 0.3) is 6.08 Å². The Morgan fingerprint density at radius 1 is 0.906 bits per heavy atom. The third kappa shape index (κ3) is 3.36. The number of hydrogen-bond acceptors (Lipinski definition) is 3. The lowest BCUT2D eigenvalue weighted by molar-refractivity contribution is 0.0950. The van der Waals surface area contributed by atoms with Crippen molar-refractivity contribution in [1.29, 1.82) is 0 Å². The van der Waals surface area contributed by atoms with Gasteiger partial charge < -0.3 is 5.32 Å². The van der Waals surface area contributed by atoms with Gasteiger partial charge in [0.2, 0.25) is 0 Å². The van der Waals surface area contributed by atoms with Gasteiger partial charge in [0.1, 0.15) is 0 Å². The monoisotopic (exact) mass is 417 g/mol. The minimum atomic E-state index is -0.404. The zero-order valence-corrected chi connectivity index (χ0v) is 17.6. The third-order valence-corrected chi connectivity index (χ3v) is 6.00. The molecule has 0 amide bonds. The molecule has 156 valence electrons. The largest absolute Gasteiger partial charge is 0.338 e. The van der Waals surface area contributed by atoms with Crippen molar-refractivity contribution in [3.8, 4) is 0 Å². The first-order chi connectivity index (χ1) is 15.7. The van der Waals surface area contributed by atoms with Gasteiger partial charge in [-0.25, -0.2) is 0 Å². The lowest BCUT2D eigenvalue weighted by Crippen LogP contribution is -2.32. The van der Waals surface area contributed by atoms with E-state index in [1.54, 1.807) is 0 Å². The van der Waals surface area contributed by atoms with Crippen molar-refractivity contribution in [2.75, 3.05) is 5.32 Å². The topological polar surface area (TPSA) is 46.9 Å². The van der Waals surface area contributed by atoms with Crippen molar-refractivity contribution >= 4 is 23.5 Å². The Morgan fingerprint density at radius 3 is 2.03 bits per heavy atom. The molecule has 4 nitrogen and oxygen atoms in total. The second-order valence-electron chi connectivity index (χ2n) is 7.87. The molecular weight excluding hydrogens is 394 g/mol. The molecule has 1 aliphatic carbocycles. The summed E-state index contributed by atoms with van der Waals surface area (Å²) >= 11 is 0. The van der Waals surface area contributed by atoms with Gasteiger partial charge in [-0.15, -0.1) is 5.10 Å². The quantitative estimate of drug-likeness (QED) is 0.405. The lowest BCUT2D eigenvalue weighted by Gasteiger charge is -2.35. The molecule has 1 heterocycles. The molecule has 0 spiro atoms. The summed E-state index contributed by atoms with van der Waals surface area (Å²) in [5, 5.41) is 8.01. The normalized spacial score (nSPS) is 13.9. The van der Waals surface area contributed by atoms with Crippen molar-refractivity contribution < 1.29 is 4.79 Å². The highest BCUT2D eigenvalue weighted by Gasteiger charge is 2.38. The maximum absolute atomic E-state index is 12.8. The highest BCUT2D eigenvalue weighted by molar-refractivity contribution is 5.91. The first-order valence-electron chi connectivity index (χ1n) is 10.6. The van der Waals surface area contributed by atoms with Crippen LogP contribution in [0.1, 0.15) is 27.2 Å². The predicted octanol–water partition coefficient (Wildman–Crippen LogP) is 6.01. The molecule has 1 aromatic heterocycles. The number of allylic oxidation sites excluding steroid dienone is 2. The molecule has 3 aromatic carbocycles. The highest BCUT2D eigenvalue weighted by atomic mass is 16.2. The second-order valence-corrected chi connectivity index (χ2v) is 7.87. The summed E-state index contributed by atoms with van der Waals surface area (Å²) in [6.45, 7) is 3.68. The first-order valence-corrected chi connectivity index (χ1v) is 10.6. The van der Waals surface area contributed by atoms with E-state index < -0.39 is 5.41 Å². The molecule has 4 heteroatoms. The maximum atomic E-state index is 12.8. The number of carbonyl (C=O) groups is 1. The number of nitrogens with zero attached hydrogens (tertiary/aromatic N) is 2. The van der Waals surface area contributed by atoms with E-state index in [-0.39, 0.29) is 5.91 Å². The van der Waals surface area contributed by atoms with Crippen LogP contribution in [0.4, 0.5) is 11.5 Å². The van der Waals surface area contributed by atoms with Crippen LogP contribution in [0.15, 0.2) is 110 Å². The molecule has 0 radical (unpaired) electrons. The van der Waals surface area contributed by atoms with Gasteiger partial charge in [-0.2, -0.15) is 4.68 Å². The first kappa shape index (κ1) is 19.8. The Balaban J connectivity index is 1.68. The molecule has 0 atom stereocenters. The Kier molecular flexibility index (Phi) is 5.04. The van der Waals surface area contributed by atoms with Gasteiger partial charge in [0.15, 0.2) is 5.82 Å². The van der Waals surface area contributed by atoms with E-state index in [1.165, 1.54) is 21.9 Å². The number of fused-ring (bicyclic) bond motifs is 1. The molecule has 1 aliphatic rings. The SMILES string of the molecule is C=CC(=O)n1nc(Nc2ccccc2)c2c1CC(c1ccccc1)(c1ccccc1)C=C2. The predicted molar refractivity (Wildman–Crippen MR) is 129 cm³/mol. The highest BCUT2D eigenvalue weighted by Crippen LogP contribution is 2.43. The molecule has 0 unspecified atom stereocenters. The van der Waals surface area contributed by atoms with Crippen LogP contribution in [0.3, 0.4) is 0 Å². The Morgan fingerprint density at radius 2 is 1.47 bits per heavy atom. The number of aromatic nitrogens is 2. The van der Waals surface area contributed by atoms with Gasteiger partial charge in [-0.1, -0.05) is 97.6 Å². The molecule has 0 saturated heterocycles. The zero-order valence-electron chi connectivity index (χ0n) is 17.6. The number of rotatable bonds is 5. The fraction of sp³-hybridized carbons (Fsp3) is 0.0714. The molecule has 5 rings (SSSR count). The van der Waals surface area contributed by atoms with Crippen molar-refractivity contribution in [2.24, 2.45) is 0 Å². The summed E-state index contributed by atoms with van der Waals surface area (Å²) in [4.78, 5) is 12.8. The number of nitrogens with one attached hydrogen (secondary N) is 1. The smallest absolute Gasteiger partial charge is 0.270 e. The van der Waals surface area contributed by atoms with Crippen molar-refractivity contribution in [1.82, 2.24) is 9.78 Å². The summed E-state index contributed by atoms with van der Waals surface area (Å²) in [6, 6.07) is 30.7.